The summed E-state index contributed by atoms with van der Waals surface area (Å²) in [7, 11) is 1.44. The van der Waals surface area contributed by atoms with Gasteiger partial charge in [0.2, 0.25) is 0 Å². The van der Waals surface area contributed by atoms with Crippen molar-refractivity contribution in [2.75, 3.05) is 7.11 Å². The van der Waals surface area contributed by atoms with Crippen LogP contribution in [0.15, 0.2) is 30.3 Å². The highest BCUT2D eigenvalue weighted by atomic mass is 16.7. The summed E-state index contributed by atoms with van der Waals surface area (Å²) in [6, 6.07) is 8.14. The number of carbonyl (C=O) groups is 1. The summed E-state index contributed by atoms with van der Waals surface area (Å²) in [4.78, 5) is 11.9. The molecule has 0 saturated heterocycles. The number of aryl methyl sites for hydroxylation is 2. The third-order valence-electron chi connectivity index (χ3n) is 3.41. The highest BCUT2D eigenvalue weighted by molar-refractivity contribution is 5.69. The lowest BCUT2D eigenvalue weighted by Crippen LogP contribution is -2.15. The van der Waals surface area contributed by atoms with Crippen LogP contribution in [0.3, 0.4) is 0 Å². The van der Waals surface area contributed by atoms with Crippen LogP contribution in [0.1, 0.15) is 16.7 Å². The topological polar surface area (TPSA) is 65.0 Å². The van der Waals surface area contributed by atoms with Crippen molar-refractivity contribution in [3.63, 3.8) is 0 Å². The van der Waals surface area contributed by atoms with Crippen molar-refractivity contribution in [1.82, 2.24) is 0 Å². The van der Waals surface area contributed by atoms with E-state index in [0.29, 0.717) is 11.5 Å². The van der Waals surface area contributed by atoms with Crippen LogP contribution in [0, 0.1) is 20.8 Å². The molecule has 0 heterocycles. The van der Waals surface area contributed by atoms with Gasteiger partial charge in [-0.2, -0.15) is 0 Å². The van der Waals surface area contributed by atoms with E-state index in [1.54, 1.807) is 0 Å². The zero-order valence-corrected chi connectivity index (χ0v) is 13.0. The van der Waals surface area contributed by atoms with Gasteiger partial charge in [0.05, 0.1) is 7.11 Å². The molecule has 0 radical (unpaired) electrons. The number of hydrogen-bond acceptors (Lipinski definition) is 5. The quantitative estimate of drug-likeness (QED) is 0.688. The van der Waals surface area contributed by atoms with Gasteiger partial charge < -0.3 is 19.3 Å². The number of ether oxygens (including phenoxy) is 3. The Hall–Kier alpha value is -2.69. The van der Waals surface area contributed by atoms with Crippen LogP contribution in [0.5, 0.6) is 23.0 Å². The molecule has 0 aliphatic rings. The lowest BCUT2D eigenvalue weighted by Gasteiger charge is -2.12. The van der Waals surface area contributed by atoms with Crippen LogP contribution in [0.4, 0.5) is 4.79 Å². The van der Waals surface area contributed by atoms with Gasteiger partial charge in [0.15, 0.2) is 11.5 Å². The molecule has 0 aliphatic heterocycles. The molecular formula is C17H18O5. The molecule has 5 nitrogen and oxygen atoms in total. The second-order valence-electron chi connectivity index (χ2n) is 4.94. The Balaban J connectivity index is 2.14. The van der Waals surface area contributed by atoms with E-state index in [1.165, 1.54) is 25.3 Å². The maximum atomic E-state index is 11.9. The summed E-state index contributed by atoms with van der Waals surface area (Å²) in [5, 5.41) is 9.66. The third kappa shape index (κ3) is 3.31. The van der Waals surface area contributed by atoms with E-state index in [1.807, 2.05) is 32.9 Å². The van der Waals surface area contributed by atoms with Crippen LogP contribution >= 0.6 is 0 Å². The average molecular weight is 302 g/mol. The van der Waals surface area contributed by atoms with Crippen molar-refractivity contribution in [2.45, 2.75) is 20.8 Å². The summed E-state index contributed by atoms with van der Waals surface area (Å²) in [6.45, 7) is 5.67. The maximum Gasteiger partial charge on any atom is 0.519 e. The summed E-state index contributed by atoms with van der Waals surface area (Å²) in [6.07, 6.45) is -0.860. The Morgan fingerprint density at radius 2 is 1.68 bits per heavy atom. The minimum atomic E-state index is -0.860. The molecular weight excluding hydrogens is 284 g/mol. The first-order valence-electron chi connectivity index (χ1n) is 6.76. The van der Waals surface area contributed by atoms with Crippen molar-refractivity contribution in [3.8, 4) is 23.0 Å². The summed E-state index contributed by atoms with van der Waals surface area (Å²) < 4.78 is 15.3. The van der Waals surface area contributed by atoms with Crippen LogP contribution in [0.25, 0.3) is 0 Å². The summed E-state index contributed by atoms with van der Waals surface area (Å²) in [5.74, 6) is 0.843. The van der Waals surface area contributed by atoms with E-state index >= 15 is 0 Å². The van der Waals surface area contributed by atoms with Crippen LogP contribution in [-0.4, -0.2) is 18.4 Å². The number of carbonyl (C=O) groups excluding carboxylic acids is 1. The van der Waals surface area contributed by atoms with Crippen molar-refractivity contribution in [2.24, 2.45) is 0 Å². The van der Waals surface area contributed by atoms with Crippen molar-refractivity contribution >= 4 is 6.16 Å². The van der Waals surface area contributed by atoms with Crippen LogP contribution < -0.4 is 14.2 Å². The fourth-order valence-corrected chi connectivity index (χ4v) is 2.02. The third-order valence-corrected chi connectivity index (χ3v) is 3.41. The van der Waals surface area contributed by atoms with E-state index in [0.717, 1.165) is 16.7 Å². The zero-order chi connectivity index (χ0) is 16.3. The highest BCUT2D eigenvalue weighted by Gasteiger charge is 2.14. The van der Waals surface area contributed by atoms with Gasteiger partial charge in [-0.05, 0) is 49.6 Å². The fourth-order valence-electron chi connectivity index (χ4n) is 2.02. The van der Waals surface area contributed by atoms with E-state index in [9.17, 15) is 9.90 Å². The first-order valence-corrected chi connectivity index (χ1v) is 6.76. The standard InChI is InChI=1S/C17H18O5/c1-10-5-6-11(2)16(12(10)3)22-17(19)21-13-7-8-15(20-4)14(18)9-13/h5-9,18H,1-4H3. The molecule has 2 rings (SSSR count). The second-order valence-corrected chi connectivity index (χ2v) is 4.94. The number of phenolic OH excluding ortho intramolecular Hbond substituents is 1. The Kier molecular flexibility index (Phi) is 4.56. The van der Waals surface area contributed by atoms with Gasteiger partial charge in [-0.25, -0.2) is 4.79 Å². The monoisotopic (exact) mass is 302 g/mol. The molecule has 0 amide bonds. The van der Waals surface area contributed by atoms with Crippen molar-refractivity contribution in [3.05, 3.63) is 47.0 Å². The second kappa shape index (κ2) is 6.39. The molecule has 1 N–H and O–H groups in total. The molecule has 0 fully saturated rings. The van der Waals surface area contributed by atoms with E-state index < -0.39 is 6.16 Å². The fraction of sp³-hybridized carbons (Fsp3) is 0.235. The van der Waals surface area contributed by atoms with E-state index in [-0.39, 0.29) is 11.5 Å². The van der Waals surface area contributed by atoms with Gasteiger partial charge in [-0.3, -0.25) is 0 Å². The number of benzene rings is 2. The Morgan fingerprint density at radius 3 is 2.32 bits per heavy atom. The Labute approximate surface area is 129 Å². The summed E-state index contributed by atoms with van der Waals surface area (Å²) >= 11 is 0. The van der Waals surface area contributed by atoms with Crippen LogP contribution in [-0.2, 0) is 0 Å². The lowest BCUT2D eigenvalue weighted by atomic mass is 10.1. The minimum Gasteiger partial charge on any atom is -0.504 e. The SMILES string of the molecule is COc1ccc(OC(=O)Oc2c(C)ccc(C)c2C)cc1O. The van der Waals surface area contributed by atoms with Gasteiger partial charge in [-0.15, -0.1) is 0 Å². The van der Waals surface area contributed by atoms with Crippen molar-refractivity contribution in [1.29, 1.82) is 0 Å². The number of hydrogen-bond donors (Lipinski definition) is 1. The molecule has 0 saturated carbocycles. The molecule has 22 heavy (non-hydrogen) atoms. The van der Waals surface area contributed by atoms with Gasteiger partial charge in [-0.1, -0.05) is 12.1 Å². The Bertz CT molecular complexity index is 706. The molecule has 5 heteroatoms. The average Bonchev–Trinajstić information content (AvgIpc) is 2.48. The first kappa shape index (κ1) is 15.7. The number of phenols is 1. The molecule has 0 atom stereocenters. The van der Waals surface area contributed by atoms with Gasteiger partial charge >= 0.3 is 6.16 Å². The Morgan fingerprint density at radius 1 is 1.00 bits per heavy atom. The minimum absolute atomic E-state index is 0.115. The van der Waals surface area contributed by atoms with Crippen molar-refractivity contribution < 1.29 is 24.1 Å². The molecule has 0 spiro atoms. The number of aromatic hydroxyl groups is 1. The smallest absolute Gasteiger partial charge is 0.504 e. The number of rotatable bonds is 3. The predicted molar refractivity (Wildman–Crippen MR) is 82.0 cm³/mol. The number of methoxy groups -OCH3 is 1. The zero-order valence-electron chi connectivity index (χ0n) is 13.0. The maximum absolute atomic E-state index is 11.9. The molecule has 0 aromatic heterocycles. The predicted octanol–water partition coefficient (Wildman–Crippen LogP) is 3.90. The normalized spacial score (nSPS) is 10.2. The van der Waals surface area contributed by atoms with E-state index in [2.05, 4.69) is 0 Å². The summed E-state index contributed by atoms with van der Waals surface area (Å²) in [5.41, 5.74) is 2.75. The van der Waals surface area contributed by atoms with Gasteiger partial charge in [0, 0.05) is 6.07 Å². The first-order chi connectivity index (χ1) is 10.4. The van der Waals surface area contributed by atoms with Gasteiger partial charge in [0.25, 0.3) is 0 Å². The molecule has 116 valence electrons. The molecule has 0 aliphatic carbocycles. The van der Waals surface area contributed by atoms with E-state index in [4.69, 9.17) is 14.2 Å². The highest BCUT2D eigenvalue weighted by Crippen LogP contribution is 2.30. The molecule has 0 bridgehead atoms. The van der Waals surface area contributed by atoms with Gasteiger partial charge in [0.1, 0.15) is 11.5 Å². The lowest BCUT2D eigenvalue weighted by molar-refractivity contribution is 0.151. The van der Waals surface area contributed by atoms with Crippen LogP contribution in [0.2, 0.25) is 0 Å². The largest absolute Gasteiger partial charge is 0.519 e. The molecule has 2 aromatic carbocycles. The molecule has 0 unspecified atom stereocenters. The molecule has 2 aromatic rings.